The van der Waals surface area contributed by atoms with Gasteiger partial charge in [-0.1, -0.05) is 23.5 Å². The first-order chi connectivity index (χ1) is 14.3. The number of benzene rings is 2. The number of aromatic nitrogens is 1. The topological polar surface area (TPSA) is 98.0 Å². The standard InChI is InChI=1S/C20H22N4O5S.ClH/c1-22(2)9-10-23(19(25)13-7-5-6-8-15(13)24(26)27)20-21-14-11-16(28-3)17(29-4)12-18(14)30-20;/h5-8,11-12H,9-10H2,1-4H3;1H. The van der Waals surface area contributed by atoms with Crippen molar-refractivity contribution in [2.45, 2.75) is 0 Å². The van der Waals surface area contributed by atoms with Gasteiger partial charge < -0.3 is 14.4 Å². The summed E-state index contributed by atoms with van der Waals surface area (Å²) in [5.74, 6) is 0.624. The number of para-hydroxylation sites is 1. The van der Waals surface area contributed by atoms with Gasteiger partial charge in [-0.25, -0.2) is 4.98 Å². The zero-order chi connectivity index (χ0) is 21.8. The van der Waals surface area contributed by atoms with E-state index in [0.29, 0.717) is 35.2 Å². The predicted octanol–water partition coefficient (Wildman–Crippen LogP) is 3.85. The third-order valence-electron chi connectivity index (χ3n) is 4.46. The van der Waals surface area contributed by atoms with Gasteiger partial charge in [-0.15, -0.1) is 12.4 Å². The number of amides is 1. The van der Waals surface area contributed by atoms with Crippen LogP contribution in [0.15, 0.2) is 36.4 Å². The van der Waals surface area contributed by atoms with E-state index in [1.54, 1.807) is 32.4 Å². The number of methoxy groups -OCH3 is 2. The molecule has 1 heterocycles. The minimum atomic E-state index is -0.550. The van der Waals surface area contributed by atoms with Gasteiger partial charge in [-0.05, 0) is 20.2 Å². The van der Waals surface area contributed by atoms with E-state index in [0.717, 1.165) is 4.70 Å². The Labute approximate surface area is 189 Å². The van der Waals surface area contributed by atoms with Crippen LogP contribution >= 0.6 is 23.7 Å². The van der Waals surface area contributed by atoms with Crippen molar-refractivity contribution in [1.29, 1.82) is 0 Å². The van der Waals surface area contributed by atoms with Crippen LogP contribution in [-0.4, -0.2) is 62.1 Å². The van der Waals surface area contributed by atoms with Gasteiger partial charge in [0.05, 0.1) is 29.4 Å². The molecular formula is C20H23ClN4O5S. The quantitative estimate of drug-likeness (QED) is 0.367. The molecular weight excluding hydrogens is 444 g/mol. The molecule has 31 heavy (non-hydrogen) atoms. The number of rotatable bonds is 8. The van der Waals surface area contributed by atoms with Gasteiger partial charge in [-0.2, -0.15) is 0 Å². The lowest BCUT2D eigenvalue weighted by atomic mass is 10.1. The van der Waals surface area contributed by atoms with E-state index >= 15 is 0 Å². The van der Waals surface area contributed by atoms with Crippen molar-refractivity contribution in [3.8, 4) is 11.5 Å². The van der Waals surface area contributed by atoms with E-state index in [1.807, 2.05) is 19.0 Å². The maximum atomic E-state index is 13.3. The Balaban J connectivity index is 0.00000341. The Morgan fingerprint density at radius 2 is 1.77 bits per heavy atom. The minimum absolute atomic E-state index is 0. The molecule has 0 fully saturated rings. The highest BCUT2D eigenvalue weighted by molar-refractivity contribution is 7.22. The molecule has 0 saturated heterocycles. The van der Waals surface area contributed by atoms with Crippen molar-refractivity contribution in [1.82, 2.24) is 9.88 Å². The first-order valence-electron chi connectivity index (χ1n) is 9.08. The molecule has 1 amide bonds. The number of halogens is 1. The fourth-order valence-corrected chi connectivity index (χ4v) is 3.90. The van der Waals surface area contributed by atoms with Crippen molar-refractivity contribution in [2.24, 2.45) is 0 Å². The summed E-state index contributed by atoms with van der Waals surface area (Å²) < 4.78 is 11.5. The molecule has 1 aromatic heterocycles. The highest BCUT2D eigenvalue weighted by Gasteiger charge is 2.27. The third-order valence-corrected chi connectivity index (χ3v) is 5.50. The summed E-state index contributed by atoms with van der Waals surface area (Å²) in [6.45, 7) is 0.890. The molecule has 0 unspecified atom stereocenters. The molecule has 11 heteroatoms. The molecule has 3 aromatic rings. The number of fused-ring (bicyclic) bond motifs is 1. The summed E-state index contributed by atoms with van der Waals surface area (Å²) in [4.78, 5) is 32.2. The molecule has 0 spiro atoms. The third kappa shape index (κ3) is 5.22. The van der Waals surface area contributed by atoms with E-state index < -0.39 is 10.8 Å². The van der Waals surface area contributed by atoms with Crippen LogP contribution in [0.25, 0.3) is 10.2 Å². The van der Waals surface area contributed by atoms with Gasteiger partial charge >= 0.3 is 0 Å². The first kappa shape index (κ1) is 24.3. The van der Waals surface area contributed by atoms with Crippen molar-refractivity contribution in [3.05, 3.63) is 52.1 Å². The van der Waals surface area contributed by atoms with E-state index in [1.165, 1.54) is 34.4 Å². The number of anilines is 1. The molecule has 3 rings (SSSR count). The van der Waals surface area contributed by atoms with Crippen molar-refractivity contribution >= 4 is 50.7 Å². The Hall–Kier alpha value is -2.95. The summed E-state index contributed by atoms with van der Waals surface area (Å²) in [7, 11) is 6.87. The molecule has 0 N–H and O–H groups in total. The largest absolute Gasteiger partial charge is 0.493 e. The number of hydrogen-bond donors (Lipinski definition) is 0. The molecule has 0 radical (unpaired) electrons. The molecule has 9 nitrogen and oxygen atoms in total. The monoisotopic (exact) mass is 466 g/mol. The summed E-state index contributed by atoms with van der Waals surface area (Å²) >= 11 is 1.31. The second kappa shape index (κ2) is 10.4. The second-order valence-corrected chi connectivity index (χ2v) is 7.71. The van der Waals surface area contributed by atoms with Gasteiger partial charge in [-0.3, -0.25) is 19.8 Å². The van der Waals surface area contributed by atoms with Gasteiger partial charge in [0.1, 0.15) is 5.56 Å². The van der Waals surface area contributed by atoms with Gasteiger partial charge in [0, 0.05) is 31.3 Å². The average molecular weight is 467 g/mol. The Morgan fingerprint density at radius 1 is 1.13 bits per heavy atom. The number of carbonyl (C=O) groups is 1. The fourth-order valence-electron chi connectivity index (χ4n) is 2.90. The summed E-state index contributed by atoms with van der Waals surface area (Å²) in [6.07, 6.45) is 0. The summed E-state index contributed by atoms with van der Waals surface area (Å²) in [6, 6.07) is 9.48. The number of nitro benzene ring substituents is 1. The minimum Gasteiger partial charge on any atom is -0.493 e. The van der Waals surface area contributed by atoms with Gasteiger partial charge in [0.15, 0.2) is 16.6 Å². The Morgan fingerprint density at radius 3 is 2.39 bits per heavy atom. The SMILES string of the molecule is COc1cc2nc(N(CCN(C)C)C(=O)c3ccccc3[N+](=O)[O-])sc2cc1OC.Cl. The molecule has 0 aliphatic rings. The van der Waals surface area contributed by atoms with E-state index in [-0.39, 0.29) is 23.7 Å². The molecule has 0 aliphatic carbocycles. The van der Waals surface area contributed by atoms with Crippen LogP contribution in [-0.2, 0) is 0 Å². The van der Waals surface area contributed by atoms with Crippen LogP contribution in [0.2, 0.25) is 0 Å². The Bertz CT molecular complexity index is 1050. The number of hydrogen-bond acceptors (Lipinski definition) is 8. The normalized spacial score (nSPS) is 10.6. The van der Waals surface area contributed by atoms with Crippen molar-refractivity contribution in [2.75, 3.05) is 46.3 Å². The lowest BCUT2D eigenvalue weighted by molar-refractivity contribution is -0.385. The maximum absolute atomic E-state index is 13.3. The van der Waals surface area contributed by atoms with Crippen molar-refractivity contribution < 1.29 is 19.2 Å². The second-order valence-electron chi connectivity index (χ2n) is 6.71. The maximum Gasteiger partial charge on any atom is 0.282 e. The number of carbonyl (C=O) groups excluding carboxylic acids is 1. The number of likely N-dealkylation sites (N-methyl/N-ethyl adjacent to an activating group) is 1. The molecule has 0 bridgehead atoms. The highest BCUT2D eigenvalue weighted by atomic mass is 35.5. The van der Waals surface area contributed by atoms with Crippen molar-refractivity contribution in [3.63, 3.8) is 0 Å². The van der Waals surface area contributed by atoms with Crippen LogP contribution in [0.1, 0.15) is 10.4 Å². The van der Waals surface area contributed by atoms with Crippen LogP contribution in [0.4, 0.5) is 10.8 Å². The van der Waals surface area contributed by atoms with Crippen LogP contribution in [0, 0.1) is 10.1 Å². The summed E-state index contributed by atoms with van der Waals surface area (Å²) in [5.41, 5.74) is 0.440. The number of nitro groups is 1. The fraction of sp³-hybridized carbons (Fsp3) is 0.300. The number of nitrogens with zero attached hydrogens (tertiary/aromatic N) is 4. The predicted molar refractivity (Wildman–Crippen MR) is 123 cm³/mol. The summed E-state index contributed by atoms with van der Waals surface area (Å²) in [5, 5.41) is 11.9. The molecule has 2 aromatic carbocycles. The zero-order valence-corrected chi connectivity index (χ0v) is 19.2. The van der Waals surface area contributed by atoms with Gasteiger partial charge in [0.2, 0.25) is 0 Å². The van der Waals surface area contributed by atoms with Crippen LogP contribution < -0.4 is 14.4 Å². The smallest absolute Gasteiger partial charge is 0.282 e. The molecule has 166 valence electrons. The molecule has 0 aliphatic heterocycles. The van der Waals surface area contributed by atoms with Gasteiger partial charge in [0.25, 0.3) is 11.6 Å². The van der Waals surface area contributed by atoms with Crippen LogP contribution in [0.5, 0.6) is 11.5 Å². The molecule has 0 atom stereocenters. The number of thiazole rings is 1. The average Bonchev–Trinajstić information content (AvgIpc) is 3.14. The molecule has 0 saturated carbocycles. The zero-order valence-electron chi connectivity index (χ0n) is 17.5. The van der Waals surface area contributed by atoms with E-state index in [2.05, 4.69) is 4.98 Å². The van der Waals surface area contributed by atoms with E-state index in [4.69, 9.17) is 9.47 Å². The number of ether oxygens (including phenoxy) is 2. The Kier molecular flexibility index (Phi) is 8.14. The van der Waals surface area contributed by atoms with Crippen LogP contribution in [0.3, 0.4) is 0 Å². The van der Waals surface area contributed by atoms with E-state index in [9.17, 15) is 14.9 Å². The first-order valence-corrected chi connectivity index (χ1v) is 9.90. The highest BCUT2D eigenvalue weighted by Crippen LogP contribution is 2.37. The lowest BCUT2D eigenvalue weighted by Crippen LogP contribution is -2.37. The lowest BCUT2D eigenvalue weighted by Gasteiger charge is -2.21.